The quantitative estimate of drug-likeness (QED) is 0.707. The van der Waals surface area contributed by atoms with Gasteiger partial charge in [0.25, 0.3) is 0 Å². The van der Waals surface area contributed by atoms with Crippen LogP contribution in [0.5, 0.6) is 0 Å². The Labute approximate surface area is 116 Å². The molecule has 0 aliphatic carbocycles. The van der Waals surface area contributed by atoms with E-state index in [1.54, 1.807) is 0 Å². The van der Waals surface area contributed by atoms with Gasteiger partial charge in [-0.05, 0) is 30.7 Å². The molecule has 1 aromatic carbocycles. The van der Waals surface area contributed by atoms with Gasteiger partial charge in [-0.25, -0.2) is 0 Å². The molecule has 19 heavy (non-hydrogen) atoms. The molecule has 1 rings (SSSR count). The molecule has 106 valence electrons. The molecule has 0 saturated heterocycles. The summed E-state index contributed by atoms with van der Waals surface area (Å²) < 4.78 is 0. The molecule has 0 heterocycles. The van der Waals surface area contributed by atoms with E-state index in [2.05, 4.69) is 31.3 Å². The second kappa shape index (κ2) is 8.70. The molecule has 0 aliphatic heterocycles. The molecule has 0 aromatic heterocycles. The van der Waals surface area contributed by atoms with Gasteiger partial charge in [0.1, 0.15) is 0 Å². The molecule has 0 saturated carbocycles. The molecule has 1 aromatic rings. The van der Waals surface area contributed by atoms with E-state index in [0.717, 1.165) is 25.8 Å². The number of hydrogen-bond donors (Lipinski definition) is 2. The lowest BCUT2D eigenvalue weighted by molar-refractivity contribution is -0.125. The van der Waals surface area contributed by atoms with Crippen LogP contribution in [-0.4, -0.2) is 19.0 Å². The first-order valence-corrected chi connectivity index (χ1v) is 7.15. The van der Waals surface area contributed by atoms with Crippen molar-refractivity contribution in [3.8, 4) is 0 Å². The van der Waals surface area contributed by atoms with E-state index in [-0.39, 0.29) is 11.8 Å². The second-order valence-electron chi connectivity index (χ2n) is 5.44. The van der Waals surface area contributed by atoms with Gasteiger partial charge in [-0.3, -0.25) is 4.79 Å². The van der Waals surface area contributed by atoms with Gasteiger partial charge in [-0.1, -0.05) is 44.2 Å². The highest BCUT2D eigenvalue weighted by atomic mass is 16.1. The summed E-state index contributed by atoms with van der Waals surface area (Å²) in [7, 11) is 0. The van der Waals surface area contributed by atoms with Crippen LogP contribution in [-0.2, 0) is 11.2 Å². The number of carbonyl (C=O) groups is 1. The van der Waals surface area contributed by atoms with E-state index < -0.39 is 0 Å². The first kappa shape index (κ1) is 15.7. The van der Waals surface area contributed by atoms with Crippen LogP contribution < -0.4 is 11.1 Å². The normalized spacial score (nSPS) is 12.4. The Hall–Kier alpha value is -1.35. The van der Waals surface area contributed by atoms with Crippen LogP contribution in [0, 0.1) is 11.8 Å². The Bertz CT molecular complexity index is 362. The fourth-order valence-electron chi connectivity index (χ4n) is 2.17. The van der Waals surface area contributed by atoms with Crippen molar-refractivity contribution in [1.82, 2.24) is 5.32 Å². The van der Waals surface area contributed by atoms with Crippen molar-refractivity contribution < 1.29 is 4.79 Å². The minimum absolute atomic E-state index is 0.0447. The van der Waals surface area contributed by atoms with Crippen molar-refractivity contribution in [3.63, 3.8) is 0 Å². The second-order valence-corrected chi connectivity index (χ2v) is 5.44. The van der Waals surface area contributed by atoms with Gasteiger partial charge in [-0.2, -0.15) is 0 Å². The highest BCUT2D eigenvalue weighted by Crippen LogP contribution is 2.10. The molecule has 1 amide bonds. The molecule has 3 heteroatoms. The van der Waals surface area contributed by atoms with Crippen LogP contribution in [0.1, 0.15) is 32.3 Å². The predicted octanol–water partition coefficient (Wildman–Crippen LogP) is 2.36. The Morgan fingerprint density at radius 3 is 2.53 bits per heavy atom. The standard InChI is InChI=1S/C16H26N2O/c1-13(2)11-15(12-17)16(19)18-10-6-9-14-7-4-3-5-8-14/h3-5,7-8,13,15H,6,9-12,17H2,1-2H3,(H,18,19). The largest absolute Gasteiger partial charge is 0.356 e. The van der Waals surface area contributed by atoms with Crippen molar-refractivity contribution >= 4 is 5.91 Å². The van der Waals surface area contributed by atoms with Gasteiger partial charge in [0.2, 0.25) is 5.91 Å². The molecular formula is C16H26N2O. The van der Waals surface area contributed by atoms with Crippen molar-refractivity contribution in [1.29, 1.82) is 0 Å². The Balaban J connectivity index is 2.22. The maximum Gasteiger partial charge on any atom is 0.224 e. The van der Waals surface area contributed by atoms with E-state index in [1.807, 2.05) is 18.2 Å². The number of hydrogen-bond acceptors (Lipinski definition) is 2. The first-order valence-electron chi connectivity index (χ1n) is 7.15. The van der Waals surface area contributed by atoms with E-state index in [9.17, 15) is 4.79 Å². The average Bonchev–Trinajstić information content (AvgIpc) is 2.41. The number of carbonyl (C=O) groups excluding carboxylic acids is 1. The molecule has 3 nitrogen and oxygen atoms in total. The number of benzene rings is 1. The van der Waals surface area contributed by atoms with Crippen LogP contribution in [0.4, 0.5) is 0 Å². The van der Waals surface area contributed by atoms with Crippen molar-refractivity contribution in [2.75, 3.05) is 13.1 Å². The molecule has 0 spiro atoms. The number of nitrogens with one attached hydrogen (secondary N) is 1. The van der Waals surface area contributed by atoms with Crippen LogP contribution in [0.25, 0.3) is 0 Å². The molecule has 1 unspecified atom stereocenters. The lowest BCUT2D eigenvalue weighted by Crippen LogP contribution is -2.36. The van der Waals surface area contributed by atoms with E-state index in [1.165, 1.54) is 5.56 Å². The Kier molecular flexibility index (Phi) is 7.19. The van der Waals surface area contributed by atoms with E-state index in [4.69, 9.17) is 5.73 Å². The van der Waals surface area contributed by atoms with Gasteiger partial charge >= 0.3 is 0 Å². The Morgan fingerprint density at radius 2 is 1.95 bits per heavy atom. The summed E-state index contributed by atoms with van der Waals surface area (Å²) in [5.74, 6) is 0.560. The predicted molar refractivity (Wildman–Crippen MR) is 79.8 cm³/mol. The molecule has 0 fully saturated rings. The summed E-state index contributed by atoms with van der Waals surface area (Å²) in [6, 6.07) is 10.3. The zero-order valence-electron chi connectivity index (χ0n) is 12.1. The third kappa shape index (κ3) is 6.39. The molecule has 1 atom stereocenters. The highest BCUT2D eigenvalue weighted by molar-refractivity contribution is 5.78. The van der Waals surface area contributed by atoms with Gasteiger partial charge < -0.3 is 11.1 Å². The fraction of sp³-hybridized carbons (Fsp3) is 0.562. The summed E-state index contributed by atoms with van der Waals surface area (Å²) in [5.41, 5.74) is 6.97. The van der Waals surface area contributed by atoms with Crippen molar-refractivity contribution in [2.24, 2.45) is 17.6 Å². The smallest absolute Gasteiger partial charge is 0.224 e. The lowest BCUT2D eigenvalue weighted by atomic mass is 9.96. The van der Waals surface area contributed by atoms with Gasteiger partial charge in [0.05, 0.1) is 5.92 Å². The fourth-order valence-corrected chi connectivity index (χ4v) is 2.17. The maximum atomic E-state index is 11.9. The zero-order valence-corrected chi connectivity index (χ0v) is 12.1. The van der Waals surface area contributed by atoms with Crippen LogP contribution >= 0.6 is 0 Å². The number of amides is 1. The molecule has 0 aliphatic rings. The molecule has 3 N–H and O–H groups in total. The number of rotatable bonds is 8. The van der Waals surface area contributed by atoms with Crippen molar-refractivity contribution in [3.05, 3.63) is 35.9 Å². The van der Waals surface area contributed by atoms with Crippen molar-refractivity contribution in [2.45, 2.75) is 33.1 Å². The summed E-state index contributed by atoms with van der Waals surface area (Å²) >= 11 is 0. The van der Waals surface area contributed by atoms with Gasteiger partial charge in [-0.15, -0.1) is 0 Å². The topological polar surface area (TPSA) is 55.1 Å². The van der Waals surface area contributed by atoms with Crippen LogP contribution in [0.2, 0.25) is 0 Å². The van der Waals surface area contributed by atoms with E-state index in [0.29, 0.717) is 12.5 Å². The van der Waals surface area contributed by atoms with Crippen LogP contribution in [0.15, 0.2) is 30.3 Å². The monoisotopic (exact) mass is 262 g/mol. The van der Waals surface area contributed by atoms with Gasteiger partial charge in [0, 0.05) is 13.1 Å². The third-order valence-electron chi connectivity index (χ3n) is 3.20. The Morgan fingerprint density at radius 1 is 1.26 bits per heavy atom. The summed E-state index contributed by atoms with van der Waals surface area (Å²) in [4.78, 5) is 11.9. The number of nitrogens with two attached hydrogens (primary N) is 1. The zero-order chi connectivity index (χ0) is 14.1. The van der Waals surface area contributed by atoms with Crippen LogP contribution in [0.3, 0.4) is 0 Å². The highest BCUT2D eigenvalue weighted by Gasteiger charge is 2.17. The summed E-state index contributed by atoms with van der Waals surface area (Å²) in [5, 5.41) is 2.99. The molecule has 0 bridgehead atoms. The third-order valence-corrected chi connectivity index (χ3v) is 3.20. The van der Waals surface area contributed by atoms with E-state index >= 15 is 0 Å². The summed E-state index contributed by atoms with van der Waals surface area (Å²) in [6.07, 6.45) is 2.83. The average molecular weight is 262 g/mol. The van der Waals surface area contributed by atoms with Gasteiger partial charge in [0.15, 0.2) is 0 Å². The number of aryl methyl sites for hydroxylation is 1. The SMILES string of the molecule is CC(C)CC(CN)C(=O)NCCCc1ccccc1. The maximum absolute atomic E-state index is 11.9. The first-order chi connectivity index (χ1) is 9.13. The molecule has 0 radical (unpaired) electrons. The lowest BCUT2D eigenvalue weighted by Gasteiger charge is -2.16. The molecular weight excluding hydrogens is 236 g/mol. The summed E-state index contributed by atoms with van der Waals surface area (Å²) in [6.45, 7) is 5.39. The minimum Gasteiger partial charge on any atom is -0.356 e. The minimum atomic E-state index is -0.0447.